The molecule has 168 valence electrons. The molecule has 0 unspecified atom stereocenters. The fourth-order valence-corrected chi connectivity index (χ4v) is 3.77. The van der Waals surface area contributed by atoms with E-state index >= 15 is 0 Å². The Morgan fingerprint density at radius 3 is 1.59 bits per heavy atom. The van der Waals surface area contributed by atoms with Crippen LogP contribution in [0.2, 0.25) is 0 Å². The monoisotopic (exact) mass is 465 g/mol. The molecule has 0 heterocycles. The number of rotatable bonds is 5. The zero-order valence-corrected chi connectivity index (χ0v) is 19.1. The second kappa shape index (κ2) is 11.0. The van der Waals surface area contributed by atoms with Gasteiger partial charge in [0.05, 0.1) is 5.92 Å². The van der Waals surface area contributed by atoms with E-state index in [-0.39, 0.29) is 16.9 Å². The van der Waals surface area contributed by atoms with Crippen molar-refractivity contribution in [3.8, 4) is 11.1 Å². The number of carbonyl (C=O) groups excluding carboxylic acids is 2. The van der Waals surface area contributed by atoms with Crippen molar-refractivity contribution in [3.05, 3.63) is 132 Å². The molecule has 0 aliphatic rings. The third-order valence-electron chi connectivity index (χ3n) is 5.31. The number of benzene rings is 4. The first-order valence-electron chi connectivity index (χ1n) is 10.8. The first-order valence-corrected chi connectivity index (χ1v) is 11.2. The summed E-state index contributed by atoms with van der Waals surface area (Å²) >= 11 is 5.21. The maximum Gasteiger partial charge on any atom is 0.257 e. The van der Waals surface area contributed by atoms with E-state index in [0.29, 0.717) is 5.56 Å². The van der Waals surface area contributed by atoms with Crippen LogP contribution >= 0.6 is 12.2 Å². The summed E-state index contributed by atoms with van der Waals surface area (Å²) in [6.07, 6.45) is 0. The van der Waals surface area contributed by atoms with E-state index in [1.165, 1.54) is 0 Å². The predicted molar refractivity (Wildman–Crippen MR) is 138 cm³/mol. The van der Waals surface area contributed by atoms with Crippen molar-refractivity contribution >= 4 is 29.1 Å². The summed E-state index contributed by atoms with van der Waals surface area (Å²) in [5.41, 5.74) is 9.50. The Labute approximate surface area is 203 Å². The molecule has 4 aromatic carbocycles. The molecular weight excluding hydrogens is 442 g/mol. The predicted octanol–water partition coefficient (Wildman–Crippen LogP) is 4.82. The third kappa shape index (κ3) is 5.74. The van der Waals surface area contributed by atoms with Crippen LogP contribution in [0, 0.1) is 0 Å². The standard InChI is InChI=1S/C28H23N3O2S/c32-26(24-18-16-21(17-19-24)20-10-4-1-5-11-20)29-28(34)31-30-27(33)25(22-12-6-2-7-13-22)23-14-8-3-9-15-23/h1-19,25H,(H,30,33)(H2,29,31,32,34). The highest BCUT2D eigenvalue weighted by molar-refractivity contribution is 7.80. The van der Waals surface area contributed by atoms with Crippen molar-refractivity contribution in [2.75, 3.05) is 0 Å². The van der Waals surface area contributed by atoms with Crippen LogP contribution in [0.4, 0.5) is 0 Å². The minimum atomic E-state index is -0.529. The van der Waals surface area contributed by atoms with Crippen LogP contribution in [-0.4, -0.2) is 16.9 Å². The van der Waals surface area contributed by atoms with Crippen molar-refractivity contribution in [2.45, 2.75) is 5.92 Å². The van der Waals surface area contributed by atoms with Gasteiger partial charge in [-0.25, -0.2) is 0 Å². The van der Waals surface area contributed by atoms with E-state index in [0.717, 1.165) is 22.3 Å². The van der Waals surface area contributed by atoms with Gasteiger partial charge in [0, 0.05) is 5.56 Å². The molecule has 0 bridgehead atoms. The van der Waals surface area contributed by atoms with Gasteiger partial charge >= 0.3 is 0 Å². The fourth-order valence-electron chi connectivity index (χ4n) is 3.63. The molecule has 0 saturated heterocycles. The Kier molecular flexibility index (Phi) is 7.42. The molecule has 0 spiro atoms. The van der Waals surface area contributed by atoms with Crippen molar-refractivity contribution in [3.63, 3.8) is 0 Å². The van der Waals surface area contributed by atoms with E-state index in [1.807, 2.05) is 103 Å². The number of carbonyl (C=O) groups is 2. The SMILES string of the molecule is O=C(NC(=S)NNC(=O)C(c1ccccc1)c1ccccc1)c1ccc(-c2ccccc2)cc1. The highest BCUT2D eigenvalue weighted by Crippen LogP contribution is 2.24. The van der Waals surface area contributed by atoms with Gasteiger partial charge < -0.3 is 0 Å². The molecule has 0 saturated carbocycles. The zero-order chi connectivity index (χ0) is 23.8. The van der Waals surface area contributed by atoms with E-state index in [1.54, 1.807) is 12.1 Å². The maximum absolute atomic E-state index is 13.0. The largest absolute Gasteiger partial charge is 0.298 e. The third-order valence-corrected chi connectivity index (χ3v) is 5.51. The average Bonchev–Trinajstić information content (AvgIpc) is 2.89. The molecule has 0 radical (unpaired) electrons. The van der Waals surface area contributed by atoms with E-state index < -0.39 is 5.92 Å². The molecule has 6 heteroatoms. The lowest BCUT2D eigenvalue weighted by molar-refractivity contribution is -0.122. The van der Waals surface area contributed by atoms with Crippen molar-refractivity contribution in [1.29, 1.82) is 0 Å². The second-order valence-electron chi connectivity index (χ2n) is 7.60. The number of nitrogens with one attached hydrogen (secondary N) is 3. The van der Waals surface area contributed by atoms with Gasteiger partial charge in [0.1, 0.15) is 0 Å². The number of thiocarbonyl (C=S) groups is 1. The Morgan fingerprint density at radius 1 is 0.588 bits per heavy atom. The molecule has 0 aliphatic heterocycles. The zero-order valence-electron chi connectivity index (χ0n) is 18.3. The van der Waals surface area contributed by atoms with E-state index in [4.69, 9.17) is 12.2 Å². The van der Waals surface area contributed by atoms with Gasteiger partial charge in [0.25, 0.3) is 5.91 Å². The first-order chi connectivity index (χ1) is 16.6. The minimum absolute atomic E-state index is 0.00496. The second-order valence-corrected chi connectivity index (χ2v) is 8.00. The van der Waals surface area contributed by atoms with Crippen LogP contribution in [0.5, 0.6) is 0 Å². The minimum Gasteiger partial charge on any atom is -0.298 e. The molecule has 0 aliphatic carbocycles. The van der Waals surface area contributed by atoms with Gasteiger partial charge in [-0.2, -0.15) is 0 Å². The summed E-state index contributed by atoms with van der Waals surface area (Å²) in [6, 6.07) is 36.1. The number of hydrogen-bond donors (Lipinski definition) is 3. The van der Waals surface area contributed by atoms with Crippen LogP contribution in [0.25, 0.3) is 11.1 Å². The highest BCUT2D eigenvalue weighted by Gasteiger charge is 2.22. The van der Waals surface area contributed by atoms with Crippen LogP contribution in [0.1, 0.15) is 27.4 Å². The average molecular weight is 466 g/mol. The topological polar surface area (TPSA) is 70.2 Å². The number of hydrogen-bond acceptors (Lipinski definition) is 3. The van der Waals surface area contributed by atoms with Crippen molar-refractivity contribution in [2.24, 2.45) is 0 Å². The van der Waals surface area contributed by atoms with E-state index in [9.17, 15) is 9.59 Å². The molecular formula is C28H23N3O2S. The number of amides is 2. The maximum atomic E-state index is 13.0. The molecule has 5 nitrogen and oxygen atoms in total. The number of hydrazine groups is 1. The summed E-state index contributed by atoms with van der Waals surface area (Å²) in [5.74, 6) is -1.19. The molecule has 3 N–H and O–H groups in total. The summed E-state index contributed by atoms with van der Waals surface area (Å²) in [5, 5.41) is 2.60. The van der Waals surface area contributed by atoms with Gasteiger partial charge in [-0.3, -0.25) is 25.8 Å². The van der Waals surface area contributed by atoms with Gasteiger partial charge in [-0.1, -0.05) is 103 Å². The van der Waals surface area contributed by atoms with Crippen LogP contribution in [-0.2, 0) is 4.79 Å². The Bertz CT molecular complexity index is 1220. The Balaban J connectivity index is 1.37. The van der Waals surface area contributed by atoms with Gasteiger partial charge in [-0.05, 0) is 46.6 Å². The summed E-state index contributed by atoms with van der Waals surface area (Å²) in [6.45, 7) is 0. The molecule has 34 heavy (non-hydrogen) atoms. The molecule has 2 amide bonds. The lowest BCUT2D eigenvalue weighted by Gasteiger charge is -2.19. The lowest BCUT2D eigenvalue weighted by Crippen LogP contribution is -2.49. The Morgan fingerprint density at radius 2 is 1.06 bits per heavy atom. The molecule has 4 aromatic rings. The highest BCUT2D eigenvalue weighted by atomic mass is 32.1. The van der Waals surface area contributed by atoms with Crippen molar-refractivity contribution in [1.82, 2.24) is 16.2 Å². The van der Waals surface area contributed by atoms with Gasteiger partial charge in [-0.15, -0.1) is 0 Å². The van der Waals surface area contributed by atoms with Gasteiger partial charge in [0.15, 0.2) is 5.11 Å². The van der Waals surface area contributed by atoms with Crippen LogP contribution < -0.4 is 16.2 Å². The molecule has 0 fully saturated rings. The fraction of sp³-hybridized carbons (Fsp3) is 0.0357. The van der Waals surface area contributed by atoms with Gasteiger partial charge in [0.2, 0.25) is 5.91 Å². The smallest absolute Gasteiger partial charge is 0.257 e. The molecule has 4 rings (SSSR count). The van der Waals surface area contributed by atoms with Crippen molar-refractivity contribution < 1.29 is 9.59 Å². The summed E-state index contributed by atoms with van der Waals surface area (Å²) < 4.78 is 0. The van der Waals surface area contributed by atoms with Crippen LogP contribution in [0.3, 0.4) is 0 Å². The first kappa shape index (κ1) is 22.9. The van der Waals surface area contributed by atoms with E-state index in [2.05, 4.69) is 16.2 Å². The quantitative estimate of drug-likeness (QED) is 0.292. The Hall–Kier alpha value is -4.29. The van der Waals surface area contributed by atoms with Crippen LogP contribution in [0.15, 0.2) is 115 Å². The normalized spacial score (nSPS) is 10.4. The molecule has 0 atom stereocenters. The summed E-state index contributed by atoms with van der Waals surface area (Å²) in [7, 11) is 0. The lowest BCUT2D eigenvalue weighted by atomic mass is 9.91. The summed E-state index contributed by atoms with van der Waals surface area (Å²) in [4.78, 5) is 25.6. The molecule has 0 aromatic heterocycles.